The second kappa shape index (κ2) is 7.17. The van der Waals surface area contributed by atoms with Crippen molar-refractivity contribution in [2.75, 3.05) is 7.11 Å². The van der Waals surface area contributed by atoms with Crippen LogP contribution in [0.15, 0.2) is 18.2 Å². The summed E-state index contributed by atoms with van der Waals surface area (Å²) in [6.07, 6.45) is 2.69. The van der Waals surface area contributed by atoms with Crippen molar-refractivity contribution in [3.05, 3.63) is 29.3 Å². The van der Waals surface area contributed by atoms with Gasteiger partial charge in [0, 0.05) is 0 Å². The molecule has 19 heavy (non-hydrogen) atoms. The number of benzene rings is 1. The van der Waals surface area contributed by atoms with Gasteiger partial charge in [0.15, 0.2) is 0 Å². The summed E-state index contributed by atoms with van der Waals surface area (Å²) < 4.78 is 5.34. The van der Waals surface area contributed by atoms with Gasteiger partial charge in [0.2, 0.25) is 0 Å². The lowest BCUT2D eigenvalue weighted by Gasteiger charge is -2.17. The van der Waals surface area contributed by atoms with Crippen LogP contribution in [0.1, 0.15) is 50.7 Å². The lowest BCUT2D eigenvalue weighted by molar-refractivity contribution is -0.141. The van der Waals surface area contributed by atoms with Crippen molar-refractivity contribution in [1.29, 1.82) is 0 Å². The van der Waals surface area contributed by atoms with Crippen LogP contribution >= 0.6 is 0 Å². The smallest absolute Gasteiger partial charge is 0.306 e. The first-order valence-electron chi connectivity index (χ1n) is 6.93. The molecule has 1 rings (SSSR count). The molecular formula is C16H24O3. The Labute approximate surface area is 115 Å². The molecule has 1 N–H and O–H groups in total. The van der Waals surface area contributed by atoms with Crippen LogP contribution in [0.25, 0.3) is 0 Å². The summed E-state index contributed by atoms with van der Waals surface area (Å²) in [6, 6.07) is 6.15. The van der Waals surface area contributed by atoms with Gasteiger partial charge in [-0.15, -0.1) is 0 Å². The lowest BCUT2D eigenvalue weighted by Crippen LogP contribution is -2.13. The van der Waals surface area contributed by atoms with E-state index in [4.69, 9.17) is 9.84 Å². The maximum atomic E-state index is 11.0. The highest BCUT2D eigenvalue weighted by atomic mass is 16.5. The predicted molar refractivity (Wildman–Crippen MR) is 76.8 cm³/mol. The molecule has 0 aliphatic carbocycles. The Morgan fingerprint density at radius 3 is 2.42 bits per heavy atom. The quantitative estimate of drug-likeness (QED) is 0.813. The zero-order chi connectivity index (χ0) is 14.4. The Bertz CT molecular complexity index is 422. The summed E-state index contributed by atoms with van der Waals surface area (Å²) in [5, 5.41) is 9.04. The highest BCUT2D eigenvalue weighted by Gasteiger charge is 2.16. The maximum Gasteiger partial charge on any atom is 0.306 e. The molecule has 0 heterocycles. The van der Waals surface area contributed by atoms with E-state index in [0.29, 0.717) is 12.3 Å². The molecule has 0 radical (unpaired) electrons. The van der Waals surface area contributed by atoms with Gasteiger partial charge in [-0.2, -0.15) is 0 Å². The van der Waals surface area contributed by atoms with Crippen LogP contribution in [0.4, 0.5) is 0 Å². The van der Waals surface area contributed by atoms with E-state index in [1.165, 1.54) is 5.56 Å². The molecule has 0 aromatic heterocycles. The van der Waals surface area contributed by atoms with Crippen LogP contribution in [-0.4, -0.2) is 18.2 Å². The molecule has 3 heteroatoms. The lowest BCUT2D eigenvalue weighted by atomic mass is 9.90. The second-order valence-electron chi connectivity index (χ2n) is 5.03. The van der Waals surface area contributed by atoms with Crippen LogP contribution < -0.4 is 4.74 Å². The monoisotopic (exact) mass is 264 g/mol. The largest absolute Gasteiger partial charge is 0.496 e. The Balaban J connectivity index is 3.05. The minimum atomic E-state index is -0.769. The number of aliphatic carboxylic acids is 1. The Morgan fingerprint density at radius 2 is 1.95 bits per heavy atom. The number of carboxylic acids is 1. The SMILES string of the molecule is CCC(CC)c1ccc(OC)c(CC(C)C(=O)O)c1. The number of hydrogen-bond donors (Lipinski definition) is 1. The molecule has 0 aliphatic heterocycles. The van der Waals surface area contributed by atoms with E-state index in [-0.39, 0.29) is 0 Å². The fourth-order valence-electron chi connectivity index (χ4n) is 2.39. The van der Waals surface area contributed by atoms with Gasteiger partial charge >= 0.3 is 5.97 Å². The van der Waals surface area contributed by atoms with Crippen molar-refractivity contribution in [1.82, 2.24) is 0 Å². The van der Waals surface area contributed by atoms with E-state index in [1.54, 1.807) is 14.0 Å². The summed E-state index contributed by atoms with van der Waals surface area (Å²) in [5.41, 5.74) is 2.26. The van der Waals surface area contributed by atoms with E-state index in [9.17, 15) is 4.79 Å². The normalized spacial score (nSPS) is 12.5. The van der Waals surface area contributed by atoms with Gasteiger partial charge in [-0.05, 0) is 42.4 Å². The molecular weight excluding hydrogens is 240 g/mol. The number of rotatable bonds is 7. The van der Waals surface area contributed by atoms with E-state index in [2.05, 4.69) is 26.0 Å². The molecule has 0 saturated heterocycles. The number of hydrogen-bond acceptors (Lipinski definition) is 2. The molecule has 106 valence electrons. The van der Waals surface area contributed by atoms with Gasteiger partial charge in [-0.1, -0.05) is 32.9 Å². The Hall–Kier alpha value is -1.51. The van der Waals surface area contributed by atoms with Crippen molar-refractivity contribution >= 4 is 5.97 Å². The first-order chi connectivity index (χ1) is 9.03. The van der Waals surface area contributed by atoms with Crippen LogP contribution in [0.2, 0.25) is 0 Å². The molecule has 0 spiro atoms. The maximum absolute atomic E-state index is 11.0. The molecule has 1 aromatic rings. The van der Waals surface area contributed by atoms with Gasteiger partial charge in [-0.3, -0.25) is 4.79 Å². The van der Waals surface area contributed by atoms with Crippen molar-refractivity contribution < 1.29 is 14.6 Å². The predicted octanol–water partition coefficient (Wildman–Crippen LogP) is 3.86. The first-order valence-corrected chi connectivity index (χ1v) is 6.93. The van der Waals surface area contributed by atoms with E-state index in [0.717, 1.165) is 24.2 Å². The minimum absolute atomic E-state index is 0.397. The van der Waals surface area contributed by atoms with Crippen LogP contribution in [0.3, 0.4) is 0 Å². The summed E-state index contributed by atoms with van der Waals surface area (Å²) in [5.74, 6) is 0.147. The average molecular weight is 264 g/mol. The summed E-state index contributed by atoms with van der Waals surface area (Å²) >= 11 is 0. The molecule has 0 amide bonds. The van der Waals surface area contributed by atoms with Crippen molar-refractivity contribution in [3.63, 3.8) is 0 Å². The zero-order valence-electron chi connectivity index (χ0n) is 12.3. The van der Waals surface area contributed by atoms with Crippen molar-refractivity contribution in [3.8, 4) is 5.75 Å². The highest BCUT2D eigenvalue weighted by Crippen LogP contribution is 2.29. The second-order valence-corrected chi connectivity index (χ2v) is 5.03. The number of ether oxygens (including phenoxy) is 1. The van der Waals surface area contributed by atoms with Gasteiger partial charge < -0.3 is 9.84 Å². The van der Waals surface area contributed by atoms with Crippen LogP contribution in [-0.2, 0) is 11.2 Å². The van der Waals surface area contributed by atoms with Crippen molar-refractivity contribution in [2.45, 2.75) is 46.0 Å². The van der Waals surface area contributed by atoms with Gasteiger partial charge in [0.25, 0.3) is 0 Å². The fraction of sp³-hybridized carbons (Fsp3) is 0.562. The third kappa shape index (κ3) is 3.98. The topological polar surface area (TPSA) is 46.5 Å². The summed E-state index contributed by atoms with van der Waals surface area (Å²) in [7, 11) is 1.63. The standard InChI is InChI=1S/C16H24O3/c1-5-12(6-2)13-7-8-15(19-4)14(10-13)9-11(3)16(17)18/h7-8,10-12H,5-6,9H2,1-4H3,(H,17,18). The summed E-state index contributed by atoms with van der Waals surface area (Å²) in [6.45, 7) is 6.08. The van der Waals surface area contributed by atoms with Gasteiger partial charge in [-0.25, -0.2) is 0 Å². The molecule has 0 saturated carbocycles. The van der Waals surface area contributed by atoms with Crippen LogP contribution in [0, 0.1) is 5.92 Å². The number of carbonyl (C=O) groups is 1. The van der Waals surface area contributed by atoms with E-state index >= 15 is 0 Å². The third-order valence-electron chi connectivity index (χ3n) is 3.71. The molecule has 1 unspecified atom stereocenters. The molecule has 3 nitrogen and oxygen atoms in total. The van der Waals surface area contributed by atoms with E-state index < -0.39 is 11.9 Å². The first kappa shape index (κ1) is 15.5. The van der Waals surface area contributed by atoms with Gasteiger partial charge in [0.05, 0.1) is 13.0 Å². The Kier molecular flexibility index (Phi) is 5.87. The minimum Gasteiger partial charge on any atom is -0.496 e. The zero-order valence-corrected chi connectivity index (χ0v) is 12.3. The molecule has 0 bridgehead atoms. The Morgan fingerprint density at radius 1 is 1.32 bits per heavy atom. The van der Waals surface area contributed by atoms with Crippen molar-refractivity contribution in [2.24, 2.45) is 5.92 Å². The average Bonchev–Trinajstić information content (AvgIpc) is 2.40. The summed E-state index contributed by atoms with van der Waals surface area (Å²) in [4.78, 5) is 11.0. The van der Waals surface area contributed by atoms with Gasteiger partial charge in [0.1, 0.15) is 5.75 Å². The number of methoxy groups -OCH3 is 1. The fourth-order valence-corrected chi connectivity index (χ4v) is 2.39. The molecule has 1 atom stereocenters. The molecule has 0 fully saturated rings. The number of carboxylic acid groups (broad SMARTS) is 1. The molecule has 1 aromatic carbocycles. The highest BCUT2D eigenvalue weighted by molar-refractivity contribution is 5.70. The third-order valence-corrected chi connectivity index (χ3v) is 3.71. The molecule has 0 aliphatic rings. The van der Waals surface area contributed by atoms with Crippen LogP contribution in [0.5, 0.6) is 5.75 Å². The van der Waals surface area contributed by atoms with E-state index in [1.807, 2.05) is 6.07 Å².